The lowest BCUT2D eigenvalue weighted by Crippen LogP contribution is -2.41. The molecule has 2 amide bonds. The molecule has 1 aromatic heterocycles. The Morgan fingerprint density at radius 1 is 1.04 bits per heavy atom. The van der Waals surface area contributed by atoms with Crippen LogP contribution < -0.4 is 15.6 Å². The van der Waals surface area contributed by atoms with Crippen LogP contribution in [0.1, 0.15) is 54.8 Å². The van der Waals surface area contributed by atoms with E-state index in [-0.39, 0.29) is 18.3 Å². The maximum Gasteiger partial charge on any atom is 0.305 e. The summed E-state index contributed by atoms with van der Waals surface area (Å²) in [5.41, 5.74) is 4.83. The van der Waals surface area contributed by atoms with Crippen molar-refractivity contribution in [3.8, 4) is 5.75 Å². The number of ether oxygens (including phenoxy) is 1. The summed E-state index contributed by atoms with van der Waals surface area (Å²) in [5.74, 6) is 1.38. The predicted molar refractivity (Wildman–Crippen MR) is 96.3 cm³/mol. The first-order valence-corrected chi connectivity index (χ1v) is 9.06. The summed E-state index contributed by atoms with van der Waals surface area (Å²) in [7, 11) is 0. The highest BCUT2D eigenvalue weighted by molar-refractivity contribution is 5.92. The highest BCUT2D eigenvalue weighted by atomic mass is 16.5. The molecule has 1 aliphatic carbocycles. The normalized spacial score (nSPS) is 14.2. The van der Waals surface area contributed by atoms with Gasteiger partial charge >= 0.3 is 5.91 Å². The van der Waals surface area contributed by atoms with E-state index >= 15 is 0 Å². The first-order valence-electron chi connectivity index (χ1n) is 9.06. The van der Waals surface area contributed by atoms with Crippen LogP contribution in [0.5, 0.6) is 5.75 Å². The van der Waals surface area contributed by atoms with E-state index in [1.54, 1.807) is 12.1 Å². The molecule has 0 aliphatic heterocycles. The van der Waals surface area contributed by atoms with E-state index in [0.29, 0.717) is 18.1 Å². The second kappa shape index (κ2) is 9.08. The molecule has 0 radical (unpaired) electrons. The molecule has 2 N–H and O–H groups in total. The number of furan rings is 1. The summed E-state index contributed by atoms with van der Waals surface area (Å²) in [4.78, 5) is 23.9. The Morgan fingerprint density at radius 3 is 2.58 bits per heavy atom. The fourth-order valence-corrected chi connectivity index (χ4v) is 3.13. The molecule has 0 atom stereocenters. The molecule has 26 heavy (non-hydrogen) atoms. The average molecular weight is 356 g/mol. The van der Waals surface area contributed by atoms with Crippen molar-refractivity contribution < 1.29 is 18.7 Å². The van der Waals surface area contributed by atoms with Gasteiger partial charge in [0, 0.05) is 6.42 Å². The van der Waals surface area contributed by atoms with Gasteiger partial charge in [0.25, 0.3) is 0 Å². The van der Waals surface area contributed by atoms with Crippen molar-refractivity contribution in [3.05, 3.63) is 54.0 Å². The molecule has 1 aliphatic rings. The summed E-state index contributed by atoms with van der Waals surface area (Å²) in [5, 5.41) is 0. The monoisotopic (exact) mass is 356 g/mol. The Kier molecular flexibility index (Phi) is 6.30. The number of benzene rings is 1. The van der Waals surface area contributed by atoms with Crippen LogP contribution >= 0.6 is 0 Å². The van der Waals surface area contributed by atoms with Crippen molar-refractivity contribution in [2.24, 2.45) is 5.92 Å². The van der Waals surface area contributed by atoms with Crippen molar-refractivity contribution in [1.82, 2.24) is 10.9 Å². The standard InChI is InChI=1S/C20H24N2O4/c23-19(13-10-15-6-4-5-7-15)21-22-20(24)18-12-11-17(26-18)14-25-16-8-2-1-3-9-16/h1-3,8-9,11-12,15H,4-7,10,13-14H2,(H,21,23)(H,22,24). The number of amides is 2. The third-order valence-electron chi connectivity index (χ3n) is 4.58. The molecule has 1 saturated carbocycles. The topological polar surface area (TPSA) is 80.6 Å². The van der Waals surface area contributed by atoms with Crippen molar-refractivity contribution >= 4 is 11.8 Å². The van der Waals surface area contributed by atoms with E-state index in [4.69, 9.17) is 9.15 Å². The largest absolute Gasteiger partial charge is 0.486 e. The first kappa shape index (κ1) is 18.0. The zero-order chi connectivity index (χ0) is 18.2. The molecule has 6 heteroatoms. The Morgan fingerprint density at radius 2 is 1.81 bits per heavy atom. The second-order valence-corrected chi connectivity index (χ2v) is 6.56. The Hall–Kier alpha value is -2.76. The van der Waals surface area contributed by atoms with Gasteiger partial charge in [0.1, 0.15) is 18.1 Å². The lowest BCUT2D eigenvalue weighted by molar-refractivity contribution is -0.122. The zero-order valence-electron chi connectivity index (χ0n) is 14.7. The van der Waals surface area contributed by atoms with Gasteiger partial charge in [-0.05, 0) is 36.6 Å². The number of hydrogen-bond donors (Lipinski definition) is 2. The number of hydrazine groups is 1. The van der Waals surface area contributed by atoms with Crippen LogP contribution in [0.15, 0.2) is 46.9 Å². The van der Waals surface area contributed by atoms with Crippen LogP contribution in [0.25, 0.3) is 0 Å². The molecule has 1 heterocycles. The quantitative estimate of drug-likeness (QED) is 0.743. The number of para-hydroxylation sites is 1. The molecule has 0 bridgehead atoms. The van der Waals surface area contributed by atoms with Crippen LogP contribution in [-0.2, 0) is 11.4 Å². The molecule has 0 saturated heterocycles. The molecule has 0 unspecified atom stereocenters. The summed E-state index contributed by atoms with van der Waals surface area (Å²) in [6.45, 7) is 0.227. The minimum absolute atomic E-state index is 0.132. The van der Waals surface area contributed by atoms with Gasteiger partial charge < -0.3 is 9.15 Å². The fourth-order valence-electron chi connectivity index (χ4n) is 3.13. The summed E-state index contributed by atoms with van der Waals surface area (Å²) in [6.07, 6.45) is 6.25. The Bertz CT molecular complexity index is 720. The highest BCUT2D eigenvalue weighted by Gasteiger charge is 2.17. The van der Waals surface area contributed by atoms with Crippen LogP contribution in [0.4, 0.5) is 0 Å². The van der Waals surface area contributed by atoms with E-state index in [0.717, 1.165) is 12.2 Å². The number of nitrogens with one attached hydrogen (secondary N) is 2. The van der Waals surface area contributed by atoms with Gasteiger partial charge in [-0.15, -0.1) is 0 Å². The Labute approximate surface area is 152 Å². The fraction of sp³-hybridized carbons (Fsp3) is 0.400. The lowest BCUT2D eigenvalue weighted by Gasteiger charge is -2.09. The van der Waals surface area contributed by atoms with Crippen molar-refractivity contribution in [2.45, 2.75) is 45.1 Å². The third kappa shape index (κ3) is 5.37. The maximum atomic E-state index is 12.0. The van der Waals surface area contributed by atoms with Gasteiger partial charge in [0.15, 0.2) is 5.76 Å². The average Bonchev–Trinajstić information content (AvgIpc) is 3.35. The molecular weight excluding hydrogens is 332 g/mol. The van der Waals surface area contributed by atoms with Crippen LogP contribution in [0.3, 0.4) is 0 Å². The van der Waals surface area contributed by atoms with E-state index in [2.05, 4.69) is 10.9 Å². The van der Waals surface area contributed by atoms with Crippen LogP contribution in [-0.4, -0.2) is 11.8 Å². The van der Waals surface area contributed by atoms with Gasteiger partial charge in [-0.25, -0.2) is 0 Å². The molecular formula is C20H24N2O4. The SMILES string of the molecule is O=C(CCC1CCCC1)NNC(=O)c1ccc(COc2ccccc2)o1. The van der Waals surface area contributed by atoms with Crippen molar-refractivity contribution in [2.75, 3.05) is 0 Å². The predicted octanol–water partition coefficient (Wildman–Crippen LogP) is 3.59. The zero-order valence-corrected chi connectivity index (χ0v) is 14.7. The minimum atomic E-state index is -0.481. The smallest absolute Gasteiger partial charge is 0.305 e. The molecule has 0 spiro atoms. The van der Waals surface area contributed by atoms with E-state index in [9.17, 15) is 9.59 Å². The van der Waals surface area contributed by atoms with Crippen LogP contribution in [0.2, 0.25) is 0 Å². The summed E-state index contributed by atoms with van der Waals surface area (Å²) < 4.78 is 11.0. The van der Waals surface area contributed by atoms with E-state index in [1.807, 2.05) is 30.3 Å². The van der Waals surface area contributed by atoms with Crippen LogP contribution in [0, 0.1) is 5.92 Å². The number of rotatable bonds is 7. The molecule has 6 nitrogen and oxygen atoms in total. The maximum absolute atomic E-state index is 12.0. The number of carbonyl (C=O) groups is 2. The molecule has 138 valence electrons. The van der Waals surface area contributed by atoms with Gasteiger partial charge in [-0.2, -0.15) is 0 Å². The van der Waals surface area contributed by atoms with Crippen molar-refractivity contribution in [3.63, 3.8) is 0 Å². The van der Waals surface area contributed by atoms with Gasteiger partial charge in [-0.3, -0.25) is 20.4 Å². The van der Waals surface area contributed by atoms with Gasteiger partial charge in [0.2, 0.25) is 5.91 Å². The molecule has 3 rings (SSSR count). The molecule has 1 fully saturated rings. The van der Waals surface area contributed by atoms with Gasteiger partial charge in [0.05, 0.1) is 0 Å². The summed E-state index contributed by atoms with van der Waals surface area (Å²) >= 11 is 0. The highest BCUT2D eigenvalue weighted by Crippen LogP contribution is 2.28. The molecule has 2 aromatic rings. The third-order valence-corrected chi connectivity index (χ3v) is 4.58. The van der Waals surface area contributed by atoms with E-state index in [1.165, 1.54) is 25.7 Å². The Balaban J connectivity index is 1.39. The van der Waals surface area contributed by atoms with Crippen molar-refractivity contribution in [1.29, 1.82) is 0 Å². The minimum Gasteiger partial charge on any atom is -0.486 e. The lowest BCUT2D eigenvalue weighted by atomic mass is 10.0. The number of carbonyl (C=O) groups excluding carboxylic acids is 2. The van der Waals surface area contributed by atoms with Gasteiger partial charge in [-0.1, -0.05) is 43.9 Å². The molecule has 1 aromatic carbocycles. The van der Waals surface area contributed by atoms with E-state index < -0.39 is 5.91 Å². The first-order chi connectivity index (χ1) is 12.7. The second-order valence-electron chi connectivity index (χ2n) is 6.56. The number of hydrogen-bond acceptors (Lipinski definition) is 4. The summed E-state index contributed by atoms with van der Waals surface area (Å²) in [6, 6.07) is 12.6.